The highest BCUT2D eigenvalue weighted by Gasteiger charge is 2.43. The third kappa shape index (κ3) is 2.39. The molecule has 5 aromatic heterocycles. The minimum Gasteiger partial charge on any atom is -0.455 e. The van der Waals surface area contributed by atoms with Gasteiger partial charge >= 0.3 is 6.85 Å². The van der Waals surface area contributed by atoms with Gasteiger partial charge in [0.15, 0.2) is 0 Å². The van der Waals surface area contributed by atoms with Crippen molar-refractivity contribution in [1.29, 1.82) is 0 Å². The van der Waals surface area contributed by atoms with Crippen molar-refractivity contribution < 1.29 is 4.42 Å². The second-order valence-electron chi connectivity index (χ2n) is 12.8. The van der Waals surface area contributed by atoms with Crippen LogP contribution >= 0.6 is 22.7 Å². The van der Waals surface area contributed by atoms with Crippen LogP contribution < -0.4 is 10.9 Å². The summed E-state index contributed by atoms with van der Waals surface area (Å²) in [6.07, 6.45) is 0. The number of para-hydroxylation sites is 3. The van der Waals surface area contributed by atoms with E-state index in [-0.39, 0.29) is 6.85 Å². The predicted molar refractivity (Wildman–Crippen MR) is 198 cm³/mol. The normalized spacial score (nSPS) is 13.6. The molecule has 0 unspecified atom stereocenters. The lowest BCUT2D eigenvalue weighted by Gasteiger charge is -2.33. The lowest BCUT2D eigenvalue weighted by Crippen LogP contribution is -2.55. The van der Waals surface area contributed by atoms with Crippen molar-refractivity contribution in [2.75, 3.05) is 0 Å². The molecule has 0 fully saturated rings. The molecule has 0 saturated heterocycles. The zero-order valence-corrected chi connectivity index (χ0v) is 25.8. The molecule has 11 aromatic rings. The highest BCUT2D eigenvalue weighted by atomic mass is 32.1. The van der Waals surface area contributed by atoms with Crippen LogP contribution in [0.15, 0.2) is 120 Å². The zero-order valence-electron chi connectivity index (χ0n) is 24.2. The fourth-order valence-electron chi connectivity index (χ4n) is 9.04. The maximum atomic E-state index is 6.86. The number of hydrogen-bond acceptors (Lipinski definition) is 3. The van der Waals surface area contributed by atoms with E-state index in [4.69, 9.17) is 4.42 Å². The van der Waals surface area contributed by atoms with Crippen molar-refractivity contribution in [3.63, 3.8) is 0 Å². The molecule has 0 spiro atoms. The van der Waals surface area contributed by atoms with E-state index in [0.29, 0.717) is 0 Å². The van der Waals surface area contributed by atoms with E-state index < -0.39 is 0 Å². The molecule has 0 radical (unpaired) electrons. The fourth-order valence-corrected chi connectivity index (χ4v) is 11.5. The molecule has 3 nitrogen and oxygen atoms in total. The highest BCUT2D eigenvalue weighted by molar-refractivity contribution is 7.27. The van der Waals surface area contributed by atoms with Gasteiger partial charge in [0.1, 0.15) is 16.0 Å². The van der Waals surface area contributed by atoms with E-state index in [2.05, 4.69) is 124 Å². The Hall–Kier alpha value is -5.30. The van der Waals surface area contributed by atoms with Crippen molar-refractivity contribution in [2.45, 2.75) is 0 Å². The lowest BCUT2D eigenvalue weighted by atomic mass is 9.45. The molecule has 0 aliphatic carbocycles. The largest absolute Gasteiger partial charge is 0.455 e. The van der Waals surface area contributed by atoms with Crippen LogP contribution in [0.1, 0.15) is 0 Å². The first-order valence-electron chi connectivity index (χ1n) is 15.7. The van der Waals surface area contributed by atoms with Crippen molar-refractivity contribution in [2.24, 2.45) is 0 Å². The van der Waals surface area contributed by atoms with Gasteiger partial charge in [-0.05, 0) is 35.2 Å². The smallest absolute Gasteiger partial charge is 0.333 e. The first kappa shape index (κ1) is 23.1. The molecule has 2 aliphatic heterocycles. The average Bonchev–Trinajstić information content (AvgIpc) is 3.89. The summed E-state index contributed by atoms with van der Waals surface area (Å²) in [5.74, 6) is 0. The Kier molecular flexibility index (Phi) is 3.80. The van der Waals surface area contributed by atoms with E-state index in [9.17, 15) is 0 Å². The van der Waals surface area contributed by atoms with Gasteiger partial charge in [-0.1, -0.05) is 91.0 Å². The fraction of sp³-hybridized carbons (Fsp3) is 0. The van der Waals surface area contributed by atoms with Crippen LogP contribution in [0.4, 0.5) is 0 Å². The first-order chi connectivity index (χ1) is 22.8. The van der Waals surface area contributed by atoms with Crippen LogP contribution in [0.25, 0.3) is 101 Å². The second-order valence-corrected chi connectivity index (χ2v) is 14.8. The molecular weight excluding hydrogens is 599 g/mol. The average molecular weight is 619 g/mol. The molecule has 0 saturated carbocycles. The van der Waals surface area contributed by atoms with Crippen LogP contribution in [0.5, 0.6) is 0 Å². The van der Waals surface area contributed by atoms with Crippen LogP contribution in [-0.4, -0.2) is 15.9 Å². The monoisotopic (exact) mass is 618 g/mol. The molecular formula is C40H19BN2OS2. The number of fused-ring (bicyclic) bond motifs is 18. The maximum Gasteiger partial charge on any atom is 0.333 e. The third-order valence-corrected chi connectivity index (χ3v) is 13.0. The van der Waals surface area contributed by atoms with Crippen molar-refractivity contribution in [3.05, 3.63) is 115 Å². The summed E-state index contributed by atoms with van der Waals surface area (Å²) in [6.45, 7) is 0.0157. The van der Waals surface area contributed by atoms with Gasteiger partial charge in [-0.3, -0.25) is 0 Å². The van der Waals surface area contributed by atoms with E-state index >= 15 is 0 Å². The third-order valence-electron chi connectivity index (χ3n) is 10.7. The lowest BCUT2D eigenvalue weighted by molar-refractivity contribution is 0.670. The number of nitrogens with zero attached hydrogens (tertiary/aromatic N) is 2. The predicted octanol–water partition coefficient (Wildman–Crippen LogP) is 10.2. The first-order valence-corrected chi connectivity index (χ1v) is 17.4. The second kappa shape index (κ2) is 7.56. The number of benzene rings is 6. The topological polar surface area (TPSA) is 23.0 Å². The van der Waals surface area contributed by atoms with Gasteiger partial charge in [-0.2, -0.15) is 0 Å². The molecule has 0 bridgehead atoms. The Morgan fingerprint density at radius 1 is 0.587 bits per heavy atom. The summed E-state index contributed by atoms with van der Waals surface area (Å²) in [7, 11) is 0. The van der Waals surface area contributed by atoms with E-state index in [1.165, 1.54) is 101 Å². The number of thiophene rings is 2. The van der Waals surface area contributed by atoms with Gasteiger partial charge in [0.25, 0.3) is 0 Å². The molecule has 6 aromatic carbocycles. The highest BCUT2D eigenvalue weighted by Crippen LogP contribution is 2.50. The van der Waals surface area contributed by atoms with Gasteiger partial charge in [-0.25, -0.2) is 0 Å². The summed E-state index contributed by atoms with van der Waals surface area (Å²) < 4.78 is 16.2. The summed E-state index contributed by atoms with van der Waals surface area (Å²) in [4.78, 5) is 1.32. The van der Waals surface area contributed by atoms with Crippen LogP contribution in [0.3, 0.4) is 0 Å². The van der Waals surface area contributed by atoms with Crippen molar-refractivity contribution >= 4 is 125 Å². The van der Waals surface area contributed by atoms with Crippen molar-refractivity contribution in [1.82, 2.24) is 9.05 Å². The Morgan fingerprint density at radius 3 is 2.24 bits per heavy atom. The molecule has 13 rings (SSSR count). The molecule has 0 N–H and O–H groups in total. The van der Waals surface area contributed by atoms with Crippen molar-refractivity contribution in [3.8, 4) is 16.8 Å². The summed E-state index contributed by atoms with van der Waals surface area (Å²) in [5, 5.41) is 9.05. The molecule has 2 aliphatic rings. The Bertz CT molecular complexity index is 3220. The van der Waals surface area contributed by atoms with E-state index in [0.717, 1.165) is 11.2 Å². The minimum absolute atomic E-state index is 0.0157. The molecule has 0 amide bonds. The van der Waals surface area contributed by atoms with E-state index in [1.807, 2.05) is 22.7 Å². The quantitative estimate of drug-likeness (QED) is 0.155. The molecule has 0 atom stereocenters. The Morgan fingerprint density at radius 2 is 1.33 bits per heavy atom. The molecule has 210 valence electrons. The minimum atomic E-state index is 0.0157. The van der Waals surface area contributed by atoms with Gasteiger partial charge in [0, 0.05) is 69.4 Å². The van der Waals surface area contributed by atoms with E-state index in [1.54, 1.807) is 0 Å². The molecule has 46 heavy (non-hydrogen) atoms. The standard InChI is InChI=1S/C40H19BN2OS2/c1-4-16-29-20(9-1)26-19-28-34-33(38(26)44-29)24-12-7-14-25-35(24)43(37-22-11-3-6-18-31(22)45-39(25)37)41(34)27-15-8-13-23-32-21-10-2-5-17-30(21)46-40(32)42(28)36(23)27/h1-19H. The van der Waals surface area contributed by atoms with Crippen LogP contribution in [0.2, 0.25) is 0 Å². The zero-order chi connectivity index (χ0) is 29.4. The SMILES string of the molecule is c1ccc2c(c1)oc1c3c4c(cc12)-n1c2sc5ccccc5c2c2cccc(c21)B4n1c2c-3cccc2c2sc3ccccc3c21. The van der Waals surface area contributed by atoms with Crippen LogP contribution in [-0.2, 0) is 0 Å². The van der Waals surface area contributed by atoms with Gasteiger partial charge in [0.2, 0.25) is 0 Å². The number of hydrogen-bond donors (Lipinski definition) is 0. The van der Waals surface area contributed by atoms with Gasteiger partial charge in [0.05, 0.1) is 15.7 Å². The summed E-state index contributed by atoms with van der Waals surface area (Å²) >= 11 is 3.83. The number of furan rings is 1. The Labute approximate surface area is 269 Å². The summed E-state index contributed by atoms with van der Waals surface area (Å²) in [6, 6.07) is 42.7. The maximum absolute atomic E-state index is 6.86. The molecule has 7 heterocycles. The molecule has 6 heteroatoms. The van der Waals surface area contributed by atoms with Gasteiger partial charge in [-0.15, -0.1) is 22.7 Å². The Balaban J connectivity index is 1.35. The van der Waals surface area contributed by atoms with Gasteiger partial charge < -0.3 is 13.5 Å². The van der Waals surface area contributed by atoms with Crippen LogP contribution in [0, 0.1) is 0 Å². The number of aromatic nitrogens is 2. The number of rotatable bonds is 0. The summed E-state index contributed by atoms with van der Waals surface area (Å²) in [5.41, 5.74) is 12.4.